The zero-order valence-electron chi connectivity index (χ0n) is 11.2. The number of carbonyl (C=O) groups is 1. The maximum Gasteiger partial charge on any atom is 0.287 e. The first kappa shape index (κ1) is 15.0. The van der Waals surface area contributed by atoms with Crippen molar-refractivity contribution >= 4 is 23.2 Å². The van der Waals surface area contributed by atoms with E-state index in [4.69, 9.17) is 11.6 Å². The van der Waals surface area contributed by atoms with Gasteiger partial charge in [0.25, 0.3) is 11.6 Å². The highest BCUT2D eigenvalue weighted by atomic mass is 35.5. The van der Waals surface area contributed by atoms with Gasteiger partial charge in [-0.3, -0.25) is 14.9 Å². The van der Waals surface area contributed by atoms with E-state index in [0.717, 1.165) is 5.69 Å². The Morgan fingerprint density at radius 1 is 1.52 bits per heavy atom. The van der Waals surface area contributed by atoms with E-state index in [2.05, 4.69) is 10.3 Å². The van der Waals surface area contributed by atoms with Crippen LogP contribution in [0.3, 0.4) is 0 Å². The third-order valence-electron chi connectivity index (χ3n) is 2.99. The Kier molecular flexibility index (Phi) is 4.54. The van der Waals surface area contributed by atoms with Gasteiger partial charge in [0.1, 0.15) is 5.02 Å². The van der Waals surface area contributed by atoms with Crippen LogP contribution < -0.4 is 5.32 Å². The Morgan fingerprint density at radius 3 is 2.86 bits per heavy atom. The standard InChI is InChI=1S/C13H13ClN4O3/c1-17-8-15-7-10(17)4-5-16-13(19)9-2-3-12(18(20)21)11(14)6-9/h2-3,6-8H,4-5H2,1H3,(H,16,19). The van der Waals surface area contributed by atoms with Crippen LogP contribution in [0.5, 0.6) is 0 Å². The van der Waals surface area contributed by atoms with E-state index < -0.39 is 4.92 Å². The maximum absolute atomic E-state index is 11.9. The van der Waals surface area contributed by atoms with Crippen molar-refractivity contribution in [2.45, 2.75) is 6.42 Å². The zero-order chi connectivity index (χ0) is 15.4. The van der Waals surface area contributed by atoms with Crippen molar-refractivity contribution in [3.05, 3.63) is 57.1 Å². The first-order valence-electron chi connectivity index (χ1n) is 6.16. The molecule has 1 N–H and O–H groups in total. The van der Waals surface area contributed by atoms with Gasteiger partial charge < -0.3 is 9.88 Å². The molecule has 0 atom stereocenters. The minimum atomic E-state index is -0.591. The largest absolute Gasteiger partial charge is 0.352 e. The van der Waals surface area contributed by atoms with Crippen molar-refractivity contribution in [3.8, 4) is 0 Å². The van der Waals surface area contributed by atoms with Crippen LogP contribution in [0.4, 0.5) is 5.69 Å². The van der Waals surface area contributed by atoms with Crippen molar-refractivity contribution < 1.29 is 9.72 Å². The highest BCUT2D eigenvalue weighted by molar-refractivity contribution is 6.33. The fourth-order valence-corrected chi connectivity index (χ4v) is 2.08. The normalized spacial score (nSPS) is 10.4. The lowest BCUT2D eigenvalue weighted by atomic mass is 10.2. The van der Waals surface area contributed by atoms with E-state index in [0.29, 0.717) is 13.0 Å². The molecule has 0 radical (unpaired) electrons. The lowest BCUT2D eigenvalue weighted by Gasteiger charge is -2.06. The number of nitrogens with zero attached hydrogens (tertiary/aromatic N) is 3. The molecule has 110 valence electrons. The van der Waals surface area contributed by atoms with Gasteiger partial charge in [0.05, 0.1) is 11.3 Å². The molecule has 0 aliphatic rings. The molecule has 2 rings (SSSR count). The van der Waals surface area contributed by atoms with Crippen LogP contribution in [0.2, 0.25) is 5.02 Å². The van der Waals surface area contributed by atoms with Gasteiger partial charge in [0.15, 0.2) is 0 Å². The maximum atomic E-state index is 11.9. The van der Waals surface area contributed by atoms with Gasteiger partial charge in [0.2, 0.25) is 0 Å². The second kappa shape index (κ2) is 6.36. The molecular formula is C13H13ClN4O3. The van der Waals surface area contributed by atoms with Crippen molar-refractivity contribution in [1.29, 1.82) is 0 Å². The molecule has 0 saturated carbocycles. The van der Waals surface area contributed by atoms with E-state index in [-0.39, 0.29) is 22.2 Å². The van der Waals surface area contributed by atoms with Crippen LogP contribution in [0.15, 0.2) is 30.7 Å². The summed E-state index contributed by atoms with van der Waals surface area (Å²) in [6, 6.07) is 3.89. The van der Waals surface area contributed by atoms with Gasteiger partial charge in [-0.1, -0.05) is 11.6 Å². The quantitative estimate of drug-likeness (QED) is 0.675. The molecule has 0 aliphatic heterocycles. The molecular weight excluding hydrogens is 296 g/mol. The summed E-state index contributed by atoms with van der Waals surface area (Å²) in [5, 5.41) is 13.3. The molecule has 0 unspecified atom stereocenters. The van der Waals surface area contributed by atoms with Crippen LogP contribution >= 0.6 is 11.6 Å². The highest BCUT2D eigenvalue weighted by Crippen LogP contribution is 2.24. The molecule has 2 aromatic rings. The second-order valence-electron chi connectivity index (χ2n) is 4.43. The minimum Gasteiger partial charge on any atom is -0.352 e. The van der Waals surface area contributed by atoms with Gasteiger partial charge in [-0.25, -0.2) is 4.98 Å². The number of hydrogen-bond acceptors (Lipinski definition) is 4. The summed E-state index contributed by atoms with van der Waals surface area (Å²) in [6.45, 7) is 0.437. The third kappa shape index (κ3) is 3.57. The van der Waals surface area contributed by atoms with Crippen molar-refractivity contribution in [3.63, 3.8) is 0 Å². The average Bonchev–Trinajstić information content (AvgIpc) is 2.83. The van der Waals surface area contributed by atoms with Gasteiger partial charge >= 0.3 is 0 Å². The average molecular weight is 309 g/mol. The lowest BCUT2D eigenvalue weighted by molar-refractivity contribution is -0.384. The number of nitro benzene ring substituents is 1. The fraction of sp³-hybridized carbons (Fsp3) is 0.231. The number of halogens is 1. The van der Waals surface area contributed by atoms with Crippen molar-refractivity contribution in [2.24, 2.45) is 7.05 Å². The van der Waals surface area contributed by atoms with Crippen LogP contribution in [0.1, 0.15) is 16.1 Å². The fourth-order valence-electron chi connectivity index (χ4n) is 1.83. The number of nitrogens with one attached hydrogen (secondary N) is 1. The number of benzene rings is 1. The Bertz CT molecular complexity index is 684. The predicted molar refractivity (Wildman–Crippen MR) is 77.4 cm³/mol. The molecule has 0 saturated heterocycles. The molecule has 1 aromatic heterocycles. The van der Waals surface area contributed by atoms with E-state index >= 15 is 0 Å². The number of aromatic nitrogens is 2. The number of nitro groups is 1. The van der Waals surface area contributed by atoms with E-state index in [1.807, 2.05) is 11.6 Å². The third-order valence-corrected chi connectivity index (χ3v) is 3.29. The predicted octanol–water partition coefficient (Wildman–Crippen LogP) is 1.95. The number of rotatable bonds is 5. The summed E-state index contributed by atoms with van der Waals surface area (Å²) in [5.41, 5.74) is 1.07. The molecule has 0 spiro atoms. The van der Waals surface area contributed by atoms with E-state index in [1.54, 1.807) is 12.5 Å². The summed E-state index contributed by atoms with van der Waals surface area (Å²) in [6.07, 6.45) is 4.06. The van der Waals surface area contributed by atoms with Crippen LogP contribution in [0.25, 0.3) is 0 Å². The summed E-state index contributed by atoms with van der Waals surface area (Å²) in [4.78, 5) is 26.0. The molecule has 0 bridgehead atoms. The molecule has 0 fully saturated rings. The lowest BCUT2D eigenvalue weighted by Crippen LogP contribution is -2.26. The zero-order valence-corrected chi connectivity index (χ0v) is 12.0. The monoisotopic (exact) mass is 308 g/mol. The summed E-state index contributed by atoms with van der Waals surface area (Å²) >= 11 is 5.77. The number of imidazole rings is 1. The van der Waals surface area contributed by atoms with Crippen LogP contribution in [-0.4, -0.2) is 26.9 Å². The Morgan fingerprint density at radius 2 is 2.29 bits per heavy atom. The minimum absolute atomic E-state index is 0.0562. The topological polar surface area (TPSA) is 90.1 Å². The summed E-state index contributed by atoms with van der Waals surface area (Å²) in [5.74, 6) is -0.325. The van der Waals surface area contributed by atoms with Crippen LogP contribution in [0, 0.1) is 10.1 Å². The highest BCUT2D eigenvalue weighted by Gasteiger charge is 2.15. The van der Waals surface area contributed by atoms with Crippen LogP contribution in [-0.2, 0) is 13.5 Å². The Hall–Kier alpha value is -2.41. The summed E-state index contributed by atoms with van der Waals surface area (Å²) in [7, 11) is 1.88. The van der Waals surface area contributed by atoms with Gasteiger partial charge in [-0.2, -0.15) is 0 Å². The molecule has 1 amide bonds. The van der Waals surface area contributed by atoms with Gasteiger partial charge in [0, 0.05) is 43.5 Å². The molecule has 8 heteroatoms. The molecule has 1 aromatic carbocycles. The van der Waals surface area contributed by atoms with Gasteiger partial charge in [-0.05, 0) is 12.1 Å². The van der Waals surface area contributed by atoms with Crippen molar-refractivity contribution in [1.82, 2.24) is 14.9 Å². The number of hydrogen-bond donors (Lipinski definition) is 1. The number of aryl methyl sites for hydroxylation is 1. The molecule has 21 heavy (non-hydrogen) atoms. The van der Waals surface area contributed by atoms with Crippen molar-refractivity contribution in [2.75, 3.05) is 6.54 Å². The van der Waals surface area contributed by atoms with E-state index in [9.17, 15) is 14.9 Å². The Labute approximate surface area is 125 Å². The number of carbonyl (C=O) groups excluding carboxylic acids is 1. The molecule has 7 nitrogen and oxygen atoms in total. The SMILES string of the molecule is Cn1cncc1CCNC(=O)c1ccc([N+](=O)[O-])c(Cl)c1. The molecule has 1 heterocycles. The Balaban J connectivity index is 1.96. The van der Waals surface area contributed by atoms with Gasteiger partial charge in [-0.15, -0.1) is 0 Å². The smallest absolute Gasteiger partial charge is 0.287 e. The first-order chi connectivity index (χ1) is 9.99. The first-order valence-corrected chi connectivity index (χ1v) is 6.54. The summed E-state index contributed by atoms with van der Waals surface area (Å²) < 4.78 is 1.87. The molecule has 0 aliphatic carbocycles. The number of amides is 1. The second-order valence-corrected chi connectivity index (χ2v) is 4.83. The van der Waals surface area contributed by atoms with E-state index in [1.165, 1.54) is 18.2 Å².